The molecule has 0 fully saturated rings. The van der Waals surface area contributed by atoms with Gasteiger partial charge in [-0.05, 0) is 44.4 Å². The summed E-state index contributed by atoms with van der Waals surface area (Å²) in [6, 6.07) is 8.06. The van der Waals surface area contributed by atoms with E-state index in [1.54, 1.807) is 0 Å². The molecule has 2 N–H and O–H groups in total. The fourth-order valence-electron chi connectivity index (χ4n) is 3.54. The second-order valence-corrected chi connectivity index (χ2v) is 5.95. The monoisotopic (exact) mass is 281 g/mol. The van der Waals surface area contributed by atoms with E-state index >= 15 is 0 Å². The van der Waals surface area contributed by atoms with E-state index in [4.69, 9.17) is 0 Å². The molecule has 0 amide bonds. The molecule has 1 unspecified atom stereocenters. The first-order chi connectivity index (χ1) is 10.2. The summed E-state index contributed by atoms with van der Waals surface area (Å²) in [6.45, 7) is 2.85. The number of aromatic nitrogens is 1. The van der Waals surface area contributed by atoms with Crippen molar-refractivity contribution in [3.63, 3.8) is 0 Å². The van der Waals surface area contributed by atoms with E-state index in [1.165, 1.54) is 11.4 Å². The predicted molar refractivity (Wildman–Crippen MR) is 82.0 cm³/mol. The molecule has 21 heavy (non-hydrogen) atoms. The van der Waals surface area contributed by atoms with E-state index in [1.807, 2.05) is 37.4 Å². The highest BCUT2D eigenvalue weighted by molar-refractivity contribution is 6.04. The topological polar surface area (TPSA) is 45.5 Å². The van der Waals surface area contributed by atoms with Gasteiger partial charge in [0.05, 0.1) is 12.2 Å². The van der Waals surface area contributed by atoms with Crippen LogP contribution in [0.2, 0.25) is 0 Å². The van der Waals surface area contributed by atoms with Crippen molar-refractivity contribution in [1.29, 1.82) is 0 Å². The Morgan fingerprint density at radius 2 is 2.14 bits per heavy atom. The van der Waals surface area contributed by atoms with E-state index in [-0.39, 0.29) is 11.7 Å². The van der Waals surface area contributed by atoms with Gasteiger partial charge >= 0.3 is 0 Å². The first-order valence-corrected chi connectivity index (χ1v) is 7.54. The zero-order valence-corrected chi connectivity index (χ0v) is 12.1. The summed E-state index contributed by atoms with van der Waals surface area (Å²) < 4.78 is 2.09. The van der Waals surface area contributed by atoms with Crippen LogP contribution >= 0.6 is 0 Å². The summed E-state index contributed by atoms with van der Waals surface area (Å²) in [4.78, 5) is 12.9. The summed E-state index contributed by atoms with van der Waals surface area (Å²) in [6.07, 6.45) is 4.77. The molecule has 0 saturated carbocycles. The fourth-order valence-corrected chi connectivity index (χ4v) is 3.54. The number of Topliss-reactive ketones (excluding diaryl/α,β-unsaturated/α-hetero) is 1. The lowest BCUT2D eigenvalue weighted by atomic mass is 9.85. The predicted octanol–water partition coefficient (Wildman–Crippen LogP) is 2.59. The summed E-state index contributed by atoms with van der Waals surface area (Å²) in [5.41, 5.74) is 5.55. The molecule has 0 spiro atoms. The number of hydrogen-bond donors (Lipinski definition) is 2. The van der Waals surface area contributed by atoms with Crippen LogP contribution in [0.3, 0.4) is 0 Å². The van der Waals surface area contributed by atoms with Gasteiger partial charge in [-0.3, -0.25) is 4.79 Å². The van der Waals surface area contributed by atoms with E-state index < -0.39 is 0 Å². The highest BCUT2D eigenvalue weighted by Crippen LogP contribution is 2.32. The number of allylic oxidation sites excluding steroid dienone is 2. The maximum atomic E-state index is 12.9. The van der Waals surface area contributed by atoms with Gasteiger partial charge in [0.2, 0.25) is 0 Å². The highest BCUT2D eigenvalue weighted by Gasteiger charge is 2.30. The second kappa shape index (κ2) is 4.65. The zero-order chi connectivity index (χ0) is 14.4. The Hall–Kier alpha value is -2.23. The van der Waals surface area contributed by atoms with Crippen molar-refractivity contribution < 1.29 is 4.79 Å². The standard InChI is InChI=1S/C17H19N3O/c1-11-8-13(16-4-2-3-7-20(11)16)17(21)12-5-6-14-15(9-12)19-10-18-14/h2-4,7-8,12,18-19H,5-6,9-10H2,1H3. The Bertz CT molecular complexity index is 756. The lowest BCUT2D eigenvalue weighted by Crippen LogP contribution is -2.22. The Labute approximate surface area is 123 Å². The molecule has 0 radical (unpaired) electrons. The first kappa shape index (κ1) is 12.5. The zero-order valence-electron chi connectivity index (χ0n) is 12.1. The van der Waals surface area contributed by atoms with Crippen molar-refractivity contribution in [3.05, 3.63) is 53.1 Å². The average molecular weight is 281 g/mol. The average Bonchev–Trinajstić information content (AvgIpc) is 3.11. The summed E-state index contributed by atoms with van der Waals surface area (Å²) in [5, 5.41) is 6.69. The molecule has 4 heteroatoms. The van der Waals surface area contributed by atoms with Crippen LogP contribution in [0.15, 0.2) is 41.9 Å². The third-order valence-electron chi connectivity index (χ3n) is 4.67. The number of nitrogens with one attached hydrogen (secondary N) is 2. The summed E-state index contributed by atoms with van der Waals surface area (Å²) >= 11 is 0. The van der Waals surface area contributed by atoms with Crippen LogP contribution in [0.4, 0.5) is 0 Å². The summed E-state index contributed by atoms with van der Waals surface area (Å²) in [5.74, 6) is 0.383. The van der Waals surface area contributed by atoms with Crippen molar-refractivity contribution in [2.75, 3.05) is 6.67 Å². The molecular weight excluding hydrogens is 262 g/mol. The minimum atomic E-state index is 0.0990. The SMILES string of the molecule is Cc1cc(C(=O)C2CCC3=C(C2)NCN3)c2ccccn12. The largest absolute Gasteiger partial charge is 0.370 e. The quantitative estimate of drug-likeness (QED) is 0.832. The Balaban J connectivity index is 1.68. The number of rotatable bonds is 2. The van der Waals surface area contributed by atoms with Gasteiger partial charge in [-0.15, -0.1) is 0 Å². The number of fused-ring (bicyclic) bond motifs is 1. The van der Waals surface area contributed by atoms with Crippen LogP contribution in [0.1, 0.15) is 35.3 Å². The number of carbonyl (C=O) groups is 1. The molecule has 4 rings (SSSR count). The third-order valence-corrected chi connectivity index (χ3v) is 4.67. The van der Waals surface area contributed by atoms with Gasteiger partial charge in [0.25, 0.3) is 0 Å². The molecule has 4 nitrogen and oxygen atoms in total. The molecule has 0 aromatic carbocycles. The molecule has 3 heterocycles. The van der Waals surface area contributed by atoms with Gasteiger partial charge in [-0.1, -0.05) is 6.07 Å². The lowest BCUT2D eigenvalue weighted by molar-refractivity contribution is 0.0909. The molecule has 108 valence electrons. The van der Waals surface area contributed by atoms with Crippen LogP contribution in [0.25, 0.3) is 5.52 Å². The minimum Gasteiger partial charge on any atom is -0.370 e. The maximum Gasteiger partial charge on any atom is 0.168 e. The van der Waals surface area contributed by atoms with Crippen LogP contribution in [-0.2, 0) is 0 Å². The Morgan fingerprint density at radius 3 is 3.05 bits per heavy atom. The number of pyridine rings is 1. The third kappa shape index (κ3) is 1.94. The molecule has 1 atom stereocenters. The molecule has 2 aromatic heterocycles. The second-order valence-electron chi connectivity index (χ2n) is 5.95. The van der Waals surface area contributed by atoms with Gasteiger partial charge in [-0.2, -0.15) is 0 Å². The van der Waals surface area contributed by atoms with Gasteiger partial charge in [0.15, 0.2) is 5.78 Å². The van der Waals surface area contributed by atoms with Gasteiger partial charge < -0.3 is 15.0 Å². The summed E-state index contributed by atoms with van der Waals surface area (Å²) in [7, 11) is 0. The molecule has 0 bridgehead atoms. The minimum absolute atomic E-state index is 0.0990. The van der Waals surface area contributed by atoms with Crippen molar-refractivity contribution in [1.82, 2.24) is 15.0 Å². The Kier molecular flexibility index (Phi) is 2.77. The van der Waals surface area contributed by atoms with Crippen molar-refractivity contribution in [3.8, 4) is 0 Å². The normalized spacial score (nSPS) is 21.1. The van der Waals surface area contributed by atoms with Crippen molar-refractivity contribution in [2.45, 2.75) is 26.2 Å². The molecule has 1 aliphatic carbocycles. The highest BCUT2D eigenvalue weighted by atomic mass is 16.1. The lowest BCUT2D eigenvalue weighted by Gasteiger charge is -2.22. The number of ketones is 1. The number of hydrogen-bond acceptors (Lipinski definition) is 3. The van der Waals surface area contributed by atoms with E-state index in [9.17, 15) is 4.79 Å². The van der Waals surface area contributed by atoms with Gasteiger partial charge in [-0.25, -0.2) is 0 Å². The van der Waals surface area contributed by atoms with Crippen LogP contribution in [0, 0.1) is 12.8 Å². The Morgan fingerprint density at radius 1 is 1.29 bits per heavy atom. The number of aryl methyl sites for hydroxylation is 1. The van der Waals surface area contributed by atoms with E-state index in [0.29, 0.717) is 0 Å². The molecule has 1 aliphatic heterocycles. The van der Waals surface area contributed by atoms with E-state index in [0.717, 1.165) is 42.7 Å². The molecule has 2 aromatic rings. The van der Waals surface area contributed by atoms with Crippen molar-refractivity contribution >= 4 is 11.3 Å². The molecule has 2 aliphatic rings. The molecule has 0 saturated heterocycles. The fraction of sp³-hybridized carbons (Fsp3) is 0.353. The maximum absolute atomic E-state index is 12.9. The van der Waals surface area contributed by atoms with Crippen LogP contribution < -0.4 is 10.6 Å². The van der Waals surface area contributed by atoms with E-state index in [2.05, 4.69) is 15.0 Å². The number of nitrogens with zero attached hydrogens (tertiary/aromatic N) is 1. The number of carbonyl (C=O) groups excluding carboxylic acids is 1. The smallest absolute Gasteiger partial charge is 0.168 e. The molecular formula is C17H19N3O. The van der Waals surface area contributed by atoms with Gasteiger partial charge in [0, 0.05) is 34.8 Å². The van der Waals surface area contributed by atoms with Crippen LogP contribution in [-0.4, -0.2) is 16.9 Å². The van der Waals surface area contributed by atoms with Gasteiger partial charge in [0.1, 0.15) is 0 Å². The van der Waals surface area contributed by atoms with Crippen molar-refractivity contribution in [2.24, 2.45) is 5.92 Å². The van der Waals surface area contributed by atoms with Crippen LogP contribution in [0.5, 0.6) is 0 Å². The first-order valence-electron chi connectivity index (χ1n) is 7.54.